The summed E-state index contributed by atoms with van der Waals surface area (Å²) in [5, 5.41) is 0. The first-order chi connectivity index (χ1) is 19.9. The second kappa shape index (κ2) is 11.4. The summed E-state index contributed by atoms with van der Waals surface area (Å²) < 4.78 is 33.6. The fourth-order valence-corrected chi connectivity index (χ4v) is 6.04. The number of fused-ring (bicyclic) bond motifs is 1. The van der Waals surface area contributed by atoms with Crippen molar-refractivity contribution in [3.8, 4) is 5.75 Å². The first kappa shape index (κ1) is 27.1. The van der Waals surface area contributed by atoms with Gasteiger partial charge in [-0.1, -0.05) is 42.5 Å². The number of anilines is 1. The van der Waals surface area contributed by atoms with Crippen LogP contribution in [0.5, 0.6) is 5.75 Å². The van der Waals surface area contributed by atoms with E-state index in [4.69, 9.17) is 4.74 Å². The van der Waals surface area contributed by atoms with Crippen LogP contribution in [-0.2, 0) is 24.5 Å². The van der Waals surface area contributed by atoms with Crippen molar-refractivity contribution < 1.29 is 23.1 Å². The summed E-state index contributed by atoms with van der Waals surface area (Å²) in [4.78, 5) is 31.7. The molecule has 2 fully saturated rings. The zero-order valence-electron chi connectivity index (χ0n) is 23.0. The highest BCUT2D eigenvalue weighted by molar-refractivity contribution is 6.02. The normalized spacial score (nSPS) is 19.6. The van der Waals surface area contributed by atoms with E-state index in [1.54, 1.807) is 4.90 Å². The quantitative estimate of drug-likeness (QED) is 0.359. The van der Waals surface area contributed by atoms with Gasteiger partial charge in [-0.2, -0.15) is 0 Å². The Hall–Kier alpha value is -4.04. The number of hydrogen-bond donors (Lipinski definition) is 0. The summed E-state index contributed by atoms with van der Waals surface area (Å²) in [5.41, 5.74) is 5.03. The Morgan fingerprint density at radius 2 is 1.68 bits per heavy atom. The van der Waals surface area contributed by atoms with Gasteiger partial charge in [-0.25, -0.2) is 8.78 Å². The molecule has 2 aliphatic heterocycles. The number of nitrogens with zero attached hydrogens (tertiary/aromatic N) is 3. The summed E-state index contributed by atoms with van der Waals surface area (Å²) in [7, 11) is 0. The number of Topliss-reactive ketones (excluding diaryl/α,β-unsaturated/α-hetero) is 1. The average molecular weight is 558 g/mol. The van der Waals surface area contributed by atoms with Crippen LogP contribution in [0.15, 0.2) is 72.8 Å². The second-order valence-corrected chi connectivity index (χ2v) is 11.1. The lowest BCUT2D eigenvalue weighted by molar-refractivity contribution is -0.124. The highest BCUT2D eigenvalue weighted by atomic mass is 19.1. The molecule has 6 nitrogen and oxygen atoms in total. The lowest BCUT2D eigenvalue weighted by Crippen LogP contribution is -2.46. The summed E-state index contributed by atoms with van der Waals surface area (Å²) in [6.45, 7) is 8.42. The first-order valence-corrected chi connectivity index (χ1v) is 14.1. The van der Waals surface area contributed by atoms with Gasteiger partial charge in [-0.15, -0.1) is 0 Å². The van der Waals surface area contributed by atoms with Crippen molar-refractivity contribution in [2.24, 2.45) is 0 Å². The van der Waals surface area contributed by atoms with Gasteiger partial charge < -0.3 is 14.5 Å². The fraction of sp³-hybridized carbons (Fsp3) is 0.333. The number of rotatable bonds is 7. The molecular formula is C33H33F2N3O3. The molecule has 1 saturated heterocycles. The molecule has 2 heterocycles. The van der Waals surface area contributed by atoms with E-state index in [0.717, 1.165) is 48.8 Å². The molecule has 0 N–H and O–H groups in total. The smallest absolute Gasteiger partial charge is 0.255 e. The van der Waals surface area contributed by atoms with Crippen LogP contribution >= 0.6 is 0 Å². The third-order valence-electron chi connectivity index (χ3n) is 8.34. The lowest BCUT2D eigenvalue weighted by Gasteiger charge is -2.36. The first-order valence-electron chi connectivity index (χ1n) is 14.1. The number of hydrogen-bond acceptors (Lipinski definition) is 5. The lowest BCUT2D eigenvalue weighted by atomic mass is 9.90. The maximum Gasteiger partial charge on any atom is 0.255 e. The van der Waals surface area contributed by atoms with Gasteiger partial charge in [0.15, 0.2) is 5.78 Å². The van der Waals surface area contributed by atoms with E-state index in [2.05, 4.69) is 23.6 Å². The van der Waals surface area contributed by atoms with Crippen LogP contribution in [0.2, 0.25) is 0 Å². The SMILES string of the molecule is C=C1CCC(N2Cc3c(OCc4ccc(CN5CCN(c6ccc(F)cc6F)CC5)cc4)cccc3C2=O)C(=O)C1. The minimum atomic E-state index is -0.562. The molecule has 3 aromatic rings. The van der Waals surface area contributed by atoms with Gasteiger partial charge in [-0.05, 0) is 48.2 Å². The molecule has 1 amide bonds. The molecule has 3 aromatic carbocycles. The van der Waals surface area contributed by atoms with Gasteiger partial charge in [0.2, 0.25) is 0 Å². The van der Waals surface area contributed by atoms with E-state index >= 15 is 0 Å². The second-order valence-electron chi connectivity index (χ2n) is 11.1. The summed E-state index contributed by atoms with van der Waals surface area (Å²) in [5.74, 6) is -0.456. The van der Waals surface area contributed by atoms with Crippen LogP contribution < -0.4 is 9.64 Å². The molecule has 1 saturated carbocycles. The third-order valence-corrected chi connectivity index (χ3v) is 8.34. The molecule has 1 unspecified atom stereocenters. The summed E-state index contributed by atoms with van der Waals surface area (Å²) in [6, 6.07) is 17.1. The van der Waals surface area contributed by atoms with Crippen molar-refractivity contribution in [2.45, 2.75) is 45.0 Å². The van der Waals surface area contributed by atoms with Gasteiger partial charge in [0, 0.05) is 56.3 Å². The Morgan fingerprint density at radius 3 is 2.41 bits per heavy atom. The monoisotopic (exact) mass is 557 g/mol. The molecule has 1 atom stereocenters. The van der Waals surface area contributed by atoms with Gasteiger partial charge in [0.05, 0.1) is 18.3 Å². The minimum absolute atomic E-state index is 0.0635. The topological polar surface area (TPSA) is 53.1 Å². The molecule has 8 heteroatoms. The van der Waals surface area contributed by atoms with Crippen molar-refractivity contribution in [3.63, 3.8) is 0 Å². The van der Waals surface area contributed by atoms with Gasteiger partial charge in [-0.3, -0.25) is 14.5 Å². The Bertz CT molecular complexity index is 1480. The van der Waals surface area contributed by atoms with Crippen molar-refractivity contribution >= 4 is 17.4 Å². The van der Waals surface area contributed by atoms with E-state index in [9.17, 15) is 18.4 Å². The number of ketones is 1. The maximum absolute atomic E-state index is 14.2. The number of ether oxygens (including phenoxy) is 1. The average Bonchev–Trinajstić information content (AvgIpc) is 3.30. The zero-order valence-corrected chi connectivity index (χ0v) is 23.0. The molecule has 6 rings (SSSR count). The molecule has 0 spiro atoms. The van der Waals surface area contributed by atoms with Crippen molar-refractivity contribution in [1.29, 1.82) is 0 Å². The molecule has 1 aliphatic carbocycles. The molecule has 3 aliphatic rings. The molecular weight excluding hydrogens is 524 g/mol. The Balaban J connectivity index is 1.03. The van der Waals surface area contributed by atoms with E-state index < -0.39 is 17.7 Å². The number of carbonyl (C=O) groups is 2. The number of allylic oxidation sites excluding steroid dienone is 1. The van der Waals surface area contributed by atoms with E-state index in [1.165, 1.54) is 17.7 Å². The number of halogens is 2. The predicted molar refractivity (Wildman–Crippen MR) is 153 cm³/mol. The molecule has 0 radical (unpaired) electrons. The Morgan fingerprint density at radius 1 is 0.927 bits per heavy atom. The number of amides is 1. The standard InChI is InChI=1S/C33H33F2N3O3/c1-22-5-11-30(31(39)17-22)38-20-27-26(33(38)40)3-2-4-32(27)41-21-24-8-6-23(7-9-24)19-36-13-15-37(16-14-36)29-12-10-25(34)18-28(29)35/h2-4,6-10,12,18,30H,1,5,11,13-17,19-21H2. The zero-order chi connectivity index (χ0) is 28.5. The van der Waals surface area contributed by atoms with Crippen LogP contribution in [-0.4, -0.2) is 53.7 Å². The summed E-state index contributed by atoms with van der Waals surface area (Å²) in [6.07, 6.45) is 1.74. The van der Waals surface area contributed by atoms with Crippen LogP contribution in [0.25, 0.3) is 0 Å². The third kappa shape index (κ3) is 5.75. The Labute approximate surface area is 238 Å². The van der Waals surface area contributed by atoms with Gasteiger partial charge in [0.1, 0.15) is 24.0 Å². The van der Waals surface area contributed by atoms with Crippen LogP contribution in [0, 0.1) is 11.6 Å². The van der Waals surface area contributed by atoms with Crippen LogP contribution in [0.3, 0.4) is 0 Å². The predicted octanol–water partition coefficient (Wildman–Crippen LogP) is 5.50. The van der Waals surface area contributed by atoms with Gasteiger partial charge in [0.25, 0.3) is 5.91 Å². The van der Waals surface area contributed by atoms with E-state index in [1.807, 2.05) is 35.2 Å². The van der Waals surface area contributed by atoms with Crippen LogP contribution in [0.4, 0.5) is 14.5 Å². The maximum atomic E-state index is 14.2. The van der Waals surface area contributed by atoms with Crippen molar-refractivity contribution in [2.75, 3.05) is 31.1 Å². The van der Waals surface area contributed by atoms with E-state index in [-0.39, 0.29) is 11.7 Å². The van der Waals surface area contributed by atoms with Gasteiger partial charge >= 0.3 is 0 Å². The minimum Gasteiger partial charge on any atom is -0.489 e. The van der Waals surface area contributed by atoms with Crippen molar-refractivity contribution in [3.05, 3.63) is 107 Å². The largest absolute Gasteiger partial charge is 0.489 e. The highest BCUT2D eigenvalue weighted by Gasteiger charge is 2.39. The van der Waals surface area contributed by atoms with Crippen molar-refractivity contribution in [1.82, 2.24) is 9.80 Å². The Kier molecular flexibility index (Phi) is 7.58. The highest BCUT2D eigenvalue weighted by Crippen LogP contribution is 2.35. The molecule has 41 heavy (non-hydrogen) atoms. The number of piperazine rings is 1. The van der Waals surface area contributed by atoms with Crippen LogP contribution in [0.1, 0.15) is 46.3 Å². The number of benzene rings is 3. The molecule has 212 valence electrons. The fourth-order valence-electron chi connectivity index (χ4n) is 6.04. The molecule has 0 bridgehead atoms. The number of carbonyl (C=O) groups excluding carboxylic acids is 2. The van der Waals surface area contributed by atoms with E-state index in [0.29, 0.717) is 56.1 Å². The summed E-state index contributed by atoms with van der Waals surface area (Å²) >= 11 is 0. The molecule has 0 aromatic heterocycles.